The first kappa shape index (κ1) is 20.1. The third kappa shape index (κ3) is 4.91. The number of nitro benzene ring substituents is 1. The number of amides is 1. The van der Waals surface area contributed by atoms with Crippen molar-refractivity contribution in [3.63, 3.8) is 0 Å². The molecule has 0 fully saturated rings. The van der Waals surface area contributed by atoms with Crippen molar-refractivity contribution in [2.45, 2.75) is 27.3 Å². The summed E-state index contributed by atoms with van der Waals surface area (Å²) in [4.78, 5) is 36.8. The average molecular weight is 370 g/mol. The highest BCUT2D eigenvalue weighted by Crippen LogP contribution is 2.20. The molecule has 0 aliphatic heterocycles. The Kier molecular flexibility index (Phi) is 6.28. The molecule has 0 saturated heterocycles. The maximum Gasteiger partial charge on any atom is 0.338 e. The monoisotopic (exact) mass is 370 g/mol. The molecule has 2 aromatic carbocycles. The molecule has 0 N–H and O–H groups in total. The van der Waals surface area contributed by atoms with Crippen molar-refractivity contribution in [3.8, 4) is 0 Å². The van der Waals surface area contributed by atoms with Crippen LogP contribution >= 0.6 is 0 Å². The van der Waals surface area contributed by atoms with Gasteiger partial charge in [-0.3, -0.25) is 14.9 Å². The Labute approximate surface area is 157 Å². The van der Waals surface area contributed by atoms with Gasteiger partial charge < -0.3 is 9.64 Å². The number of aryl methyl sites for hydroxylation is 2. The maximum absolute atomic E-state index is 12.8. The van der Waals surface area contributed by atoms with E-state index in [9.17, 15) is 19.7 Å². The van der Waals surface area contributed by atoms with Crippen molar-refractivity contribution >= 4 is 17.6 Å². The Morgan fingerprint density at radius 2 is 1.78 bits per heavy atom. The molecule has 0 spiro atoms. The van der Waals surface area contributed by atoms with E-state index >= 15 is 0 Å². The lowest BCUT2D eigenvalue weighted by atomic mass is 10.0. The average Bonchev–Trinajstić information content (AvgIpc) is 2.63. The highest BCUT2D eigenvalue weighted by atomic mass is 16.6. The topological polar surface area (TPSA) is 89.8 Å². The number of ether oxygens (including phenoxy) is 1. The molecule has 0 aromatic heterocycles. The zero-order valence-electron chi connectivity index (χ0n) is 15.8. The van der Waals surface area contributed by atoms with Crippen LogP contribution in [0.3, 0.4) is 0 Å². The van der Waals surface area contributed by atoms with Crippen molar-refractivity contribution in [1.82, 2.24) is 4.90 Å². The van der Waals surface area contributed by atoms with Gasteiger partial charge in [-0.25, -0.2) is 4.79 Å². The SMILES string of the molecule is CCOC(=O)c1cc(C(=O)N(C)Cc2ccc(C)cc2C)cc([N+](=O)[O-])c1. The van der Waals surface area contributed by atoms with Gasteiger partial charge in [-0.15, -0.1) is 0 Å². The molecule has 7 heteroatoms. The van der Waals surface area contributed by atoms with E-state index in [4.69, 9.17) is 4.74 Å². The summed E-state index contributed by atoms with van der Waals surface area (Å²) < 4.78 is 4.89. The summed E-state index contributed by atoms with van der Waals surface area (Å²) in [5.41, 5.74) is 2.88. The fourth-order valence-electron chi connectivity index (χ4n) is 2.74. The second kappa shape index (κ2) is 8.44. The van der Waals surface area contributed by atoms with Gasteiger partial charge in [0.2, 0.25) is 0 Å². The molecule has 2 aromatic rings. The first-order valence-electron chi connectivity index (χ1n) is 8.51. The largest absolute Gasteiger partial charge is 0.462 e. The van der Waals surface area contributed by atoms with E-state index in [2.05, 4.69) is 0 Å². The van der Waals surface area contributed by atoms with Gasteiger partial charge in [-0.2, -0.15) is 0 Å². The minimum atomic E-state index is -0.702. The Hall–Kier alpha value is -3.22. The van der Waals surface area contributed by atoms with E-state index < -0.39 is 16.8 Å². The van der Waals surface area contributed by atoms with Gasteiger partial charge in [0.25, 0.3) is 11.6 Å². The van der Waals surface area contributed by atoms with Gasteiger partial charge in [0.1, 0.15) is 0 Å². The molecule has 0 radical (unpaired) electrons. The summed E-state index contributed by atoms with van der Waals surface area (Å²) in [7, 11) is 1.62. The predicted molar refractivity (Wildman–Crippen MR) is 101 cm³/mol. The third-order valence-electron chi connectivity index (χ3n) is 4.14. The molecule has 0 heterocycles. The summed E-state index contributed by atoms with van der Waals surface area (Å²) in [6, 6.07) is 9.55. The van der Waals surface area contributed by atoms with Gasteiger partial charge >= 0.3 is 5.97 Å². The van der Waals surface area contributed by atoms with Crippen LogP contribution < -0.4 is 0 Å². The minimum Gasteiger partial charge on any atom is -0.462 e. The molecule has 142 valence electrons. The van der Waals surface area contributed by atoms with Gasteiger partial charge in [-0.05, 0) is 38.0 Å². The number of rotatable bonds is 6. The zero-order chi connectivity index (χ0) is 20.1. The molecule has 27 heavy (non-hydrogen) atoms. The summed E-state index contributed by atoms with van der Waals surface area (Å²) in [5.74, 6) is -1.11. The molecular formula is C20H22N2O5. The van der Waals surface area contributed by atoms with Crippen LogP contribution in [0.4, 0.5) is 5.69 Å². The molecule has 1 amide bonds. The summed E-state index contributed by atoms with van der Waals surface area (Å²) in [5, 5.41) is 11.2. The Morgan fingerprint density at radius 3 is 2.37 bits per heavy atom. The smallest absolute Gasteiger partial charge is 0.338 e. The number of esters is 1. The highest BCUT2D eigenvalue weighted by Gasteiger charge is 2.21. The zero-order valence-corrected chi connectivity index (χ0v) is 15.8. The standard InChI is InChI=1S/C20H22N2O5/c1-5-27-20(24)17-9-16(10-18(11-17)22(25)26)19(23)21(4)12-15-7-6-13(2)8-14(15)3/h6-11H,5,12H2,1-4H3. The van der Waals surface area contributed by atoms with E-state index in [0.717, 1.165) is 22.8 Å². The van der Waals surface area contributed by atoms with Crippen molar-refractivity contribution in [2.24, 2.45) is 0 Å². The number of nitro groups is 1. The Balaban J connectivity index is 2.33. The summed E-state index contributed by atoms with van der Waals surface area (Å²) >= 11 is 0. The number of benzene rings is 2. The second-order valence-corrected chi connectivity index (χ2v) is 6.34. The lowest BCUT2D eigenvalue weighted by Gasteiger charge is -2.19. The van der Waals surface area contributed by atoms with Crippen LogP contribution in [0.1, 0.15) is 44.3 Å². The van der Waals surface area contributed by atoms with Gasteiger partial charge in [-0.1, -0.05) is 23.8 Å². The maximum atomic E-state index is 12.8. The third-order valence-corrected chi connectivity index (χ3v) is 4.14. The molecule has 7 nitrogen and oxygen atoms in total. The first-order valence-corrected chi connectivity index (χ1v) is 8.51. The predicted octanol–water partition coefficient (Wildman–Crippen LogP) is 3.66. The second-order valence-electron chi connectivity index (χ2n) is 6.34. The van der Waals surface area contributed by atoms with Crippen molar-refractivity contribution in [2.75, 3.05) is 13.7 Å². The highest BCUT2D eigenvalue weighted by molar-refractivity contribution is 5.98. The fourth-order valence-corrected chi connectivity index (χ4v) is 2.74. The quantitative estimate of drug-likeness (QED) is 0.440. The number of nitrogens with zero attached hydrogens (tertiary/aromatic N) is 2. The van der Waals surface area contributed by atoms with Crippen LogP contribution in [0.5, 0.6) is 0 Å². The van der Waals surface area contributed by atoms with Crippen molar-refractivity contribution in [3.05, 3.63) is 74.3 Å². The Bertz CT molecular complexity index is 892. The number of carbonyl (C=O) groups is 2. The summed E-state index contributed by atoms with van der Waals surface area (Å²) in [6.45, 7) is 6.08. The van der Waals surface area contributed by atoms with E-state index in [0.29, 0.717) is 6.54 Å². The van der Waals surface area contributed by atoms with Crippen LogP contribution in [0, 0.1) is 24.0 Å². The van der Waals surface area contributed by atoms with Crippen LogP contribution in [0.15, 0.2) is 36.4 Å². The van der Waals surface area contributed by atoms with E-state index in [1.165, 1.54) is 17.0 Å². The molecule has 0 atom stereocenters. The van der Waals surface area contributed by atoms with E-state index in [-0.39, 0.29) is 23.4 Å². The van der Waals surface area contributed by atoms with E-state index in [1.54, 1.807) is 14.0 Å². The van der Waals surface area contributed by atoms with Gasteiger partial charge in [0, 0.05) is 31.3 Å². The number of carbonyl (C=O) groups excluding carboxylic acids is 2. The molecule has 0 bridgehead atoms. The fraction of sp³-hybridized carbons (Fsp3) is 0.300. The van der Waals surface area contributed by atoms with E-state index in [1.807, 2.05) is 32.0 Å². The van der Waals surface area contributed by atoms with Crippen LogP contribution in [0.25, 0.3) is 0 Å². The summed E-state index contributed by atoms with van der Waals surface area (Å²) in [6.07, 6.45) is 0. The molecular weight excluding hydrogens is 348 g/mol. The number of non-ortho nitro benzene ring substituents is 1. The van der Waals surface area contributed by atoms with Crippen LogP contribution in [0.2, 0.25) is 0 Å². The molecule has 0 saturated carbocycles. The lowest BCUT2D eigenvalue weighted by Crippen LogP contribution is -2.27. The van der Waals surface area contributed by atoms with Gasteiger partial charge in [0.05, 0.1) is 17.1 Å². The van der Waals surface area contributed by atoms with Crippen LogP contribution in [-0.2, 0) is 11.3 Å². The Morgan fingerprint density at radius 1 is 1.11 bits per heavy atom. The van der Waals surface area contributed by atoms with Crippen LogP contribution in [-0.4, -0.2) is 35.4 Å². The number of hydrogen-bond donors (Lipinski definition) is 0. The van der Waals surface area contributed by atoms with Gasteiger partial charge in [0.15, 0.2) is 0 Å². The molecule has 0 aliphatic rings. The first-order chi connectivity index (χ1) is 12.7. The number of hydrogen-bond acceptors (Lipinski definition) is 5. The lowest BCUT2D eigenvalue weighted by molar-refractivity contribution is -0.384. The van der Waals surface area contributed by atoms with Crippen molar-refractivity contribution < 1.29 is 19.2 Å². The molecule has 0 aliphatic carbocycles. The normalized spacial score (nSPS) is 10.4. The minimum absolute atomic E-state index is 0.0192. The molecule has 2 rings (SSSR count). The molecule has 0 unspecified atom stereocenters. The van der Waals surface area contributed by atoms with Crippen molar-refractivity contribution in [1.29, 1.82) is 0 Å².